The van der Waals surface area contributed by atoms with Crippen LogP contribution < -0.4 is 0 Å². The molecule has 0 rings (SSSR count). The monoisotopic (exact) mass is 677 g/mol. The van der Waals surface area contributed by atoms with Gasteiger partial charge in [0.25, 0.3) is 0 Å². The van der Waals surface area contributed by atoms with Gasteiger partial charge in [-0.15, -0.1) is 0 Å². The molecule has 0 bridgehead atoms. The normalized spacial score (nSPS) is 11.1. The Morgan fingerprint density at radius 1 is 0.356 bits per heavy atom. The van der Waals surface area contributed by atoms with Crippen molar-refractivity contribution in [1.29, 1.82) is 0 Å². The second-order valence-corrected chi connectivity index (χ2v) is 12.9. The van der Waals surface area contributed by atoms with Gasteiger partial charge in [-0.05, 0) is 64.2 Å². The van der Waals surface area contributed by atoms with Gasteiger partial charge in [-0.2, -0.15) is 0 Å². The Bertz CT molecular complexity index is 578. The van der Waals surface area contributed by atoms with E-state index in [2.05, 4.69) is 38.2 Å². The molecule has 0 fully saturated rings. The Kier molecular flexibility index (Phi) is 48.4. The zero-order valence-corrected chi connectivity index (χ0v) is 31.1. The molecule has 0 radical (unpaired) electrons. The molecule has 0 aliphatic heterocycles. The van der Waals surface area contributed by atoms with Crippen LogP contribution in [0.25, 0.3) is 0 Å². The molecule has 0 aliphatic carbocycles. The number of hydrogen-bond donors (Lipinski definition) is 2. The van der Waals surface area contributed by atoms with Crippen molar-refractivity contribution >= 4 is 11.9 Å². The first-order chi connectivity index (χ1) is 21.5. The van der Waals surface area contributed by atoms with E-state index < -0.39 is 11.9 Å². The Morgan fingerprint density at radius 3 is 0.778 bits per heavy atom. The number of carboxylic acids is 2. The fourth-order valence-electron chi connectivity index (χ4n) is 5.40. The minimum absolute atomic E-state index is 0. The van der Waals surface area contributed by atoms with Gasteiger partial charge in [-0.3, -0.25) is 9.59 Å². The number of allylic oxidation sites excluding steroid dienone is 4. The fraction of sp³-hybridized carbons (Fsp3) is 0.850. The summed E-state index contributed by atoms with van der Waals surface area (Å²) in [7, 11) is 0. The third kappa shape index (κ3) is 52.7. The third-order valence-corrected chi connectivity index (χ3v) is 8.30. The number of hydrogen-bond acceptors (Lipinski definition) is 2. The van der Waals surface area contributed by atoms with E-state index in [1.54, 1.807) is 0 Å². The summed E-state index contributed by atoms with van der Waals surface area (Å²) >= 11 is 0. The molecule has 0 heterocycles. The molecule has 0 spiro atoms. The maximum atomic E-state index is 10.4. The summed E-state index contributed by atoms with van der Waals surface area (Å²) < 4.78 is 0. The molecule has 0 saturated heterocycles. The SMILES string of the molecule is CCCCCCCCCC/C=C\CCCCCCCC(=O)O.CCCCCCCCCC/C=C\CCCCCCCC(=O)O.[Fe]. The second-order valence-electron chi connectivity index (χ2n) is 12.9. The Morgan fingerprint density at radius 2 is 0.556 bits per heavy atom. The van der Waals surface area contributed by atoms with Crippen LogP contribution in [0, 0.1) is 0 Å². The molecule has 5 heteroatoms. The van der Waals surface area contributed by atoms with Gasteiger partial charge >= 0.3 is 11.9 Å². The van der Waals surface area contributed by atoms with Gasteiger partial charge < -0.3 is 10.2 Å². The van der Waals surface area contributed by atoms with Gasteiger partial charge in [-0.25, -0.2) is 0 Å². The van der Waals surface area contributed by atoms with E-state index in [0.717, 1.165) is 25.7 Å². The standard InChI is InChI=1S/2C20H38O2.Fe/c2*1-2-3-4-5-6-7-8-9-10-11-12-13-14-15-16-17-18-19-20(21)22;/h2*11-12H,2-10,13-19H2,1H3,(H,21,22);/b2*12-11-;. The average Bonchev–Trinajstić information content (AvgIpc) is 3.00. The van der Waals surface area contributed by atoms with Crippen LogP contribution in [-0.4, -0.2) is 22.2 Å². The van der Waals surface area contributed by atoms with Crippen LogP contribution in [0.2, 0.25) is 0 Å². The first-order valence-corrected chi connectivity index (χ1v) is 19.3. The van der Waals surface area contributed by atoms with Crippen molar-refractivity contribution in [3.63, 3.8) is 0 Å². The predicted molar refractivity (Wildman–Crippen MR) is 193 cm³/mol. The zero-order chi connectivity index (χ0) is 32.6. The molecule has 0 amide bonds. The molecule has 0 aromatic rings. The van der Waals surface area contributed by atoms with Gasteiger partial charge in [0, 0.05) is 29.9 Å². The number of aliphatic carboxylic acids is 2. The quantitative estimate of drug-likeness (QED) is 0.0404. The van der Waals surface area contributed by atoms with Crippen molar-refractivity contribution in [3.05, 3.63) is 24.3 Å². The van der Waals surface area contributed by atoms with Crippen molar-refractivity contribution in [3.8, 4) is 0 Å². The predicted octanol–water partition coefficient (Wildman–Crippen LogP) is 13.8. The van der Waals surface area contributed by atoms with Crippen LogP contribution in [0.3, 0.4) is 0 Å². The van der Waals surface area contributed by atoms with Crippen LogP contribution in [0.5, 0.6) is 0 Å². The molecular weight excluding hydrogens is 600 g/mol. The summed E-state index contributed by atoms with van der Waals surface area (Å²) in [6, 6.07) is 0. The molecule has 268 valence electrons. The first-order valence-electron chi connectivity index (χ1n) is 19.3. The largest absolute Gasteiger partial charge is 0.481 e. The Balaban J connectivity index is -0.000000767. The summed E-state index contributed by atoms with van der Waals surface area (Å²) in [4.78, 5) is 20.7. The van der Waals surface area contributed by atoms with E-state index in [4.69, 9.17) is 10.2 Å². The Hall–Kier alpha value is -1.06. The molecule has 2 N–H and O–H groups in total. The second kappa shape index (κ2) is 45.1. The van der Waals surface area contributed by atoms with Gasteiger partial charge in [0.1, 0.15) is 0 Å². The molecule has 0 aliphatic rings. The fourth-order valence-corrected chi connectivity index (χ4v) is 5.40. The summed E-state index contributed by atoms with van der Waals surface area (Å²) in [5, 5.41) is 17.1. The topological polar surface area (TPSA) is 74.6 Å². The summed E-state index contributed by atoms with van der Waals surface area (Å²) in [5.74, 6) is -1.33. The summed E-state index contributed by atoms with van der Waals surface area (Å²) in [6.45, 7) is 4.54. The minimum atomic E-state index is -0.663. The first kappa shape index (κ1) is 48.3. The Labute approximate surface area is 291 Å². The minimum Gasteiger partial charge on any atom is -0.481 e. The summed E-state index contributed by atoms with van der Waals surface area (Å²) in [6.07, 6.45) is 48.4. The third-order valence-electron chi connectivity index (χ3n) is 8.30. The zero-order valence-electron chi connectivity index (χ0n) is 30.0. The van der Waals surface area contributed by atoms with Crippen molar-refractivity contribution in [2.75, 3.05) is 0 Å². The van der Waals surface area contributed by atoms with Crippen LogP contribution in [0.1, 0.15) is 219 Å². The molecule has 45 heavy (non-hydrogen) atoms. The molecule has 0 aromatic heterocycles. The van der Waals surface area contributed by atoms with Gasteiger partial charge in [-0.1, -0.05) is 167 Å². The smallest absolute Gasteiger partial charge is 0.303 e. The van der Waals surface area contributed by atoms with E-state index in [9.17, 15) is 9.59 Å². The van der Waals surface area contributed by atoms with E-state index in [1.165, 1.54) is 167 Å². The van der Waals surface area contributed by atoms with E-state index >= 15 is 0 Å². The maximum Gasteiger partial charge on any atom is 0.303 e. The molecular formula is C40H76FeO4. The molecule has 0 unspecified atom stereocenters. The number of carbonyl (C=O) groups is 2. The van der Waals surface area contributed by atoms with Gasteiger partial charge in [0.2, 0.25) is 0 Å². The molecule has 0 saturated carbocycles. The van der Waals surface area contributed by atoms with Crippen molar-refractivity contribution in [1.82, 2.24) is 0 Å². The van der Waals surface area contributed by atoms with Crippen LogP contribution >= 0.6 is 0 Å². The van der Waals surface area contributed by atoms with Crippen molar-refractivity contribution in [2.24, 2.45) is 0 Å². The number of unbranched alkanes of at least 4 members (excludes halogenated alkanes) is 26. The number of carboxylic acid groups (broad SMARTS) is 2. The average molecular weight is 677 g/mol. The van der Waals surface area contributed by atoms with Crippen LogP contribution in [-0.2, 0) is 26.7 Å². The van der Waals surface area contributed by atoms with E-state index in [0.29, 0.717) is 12.8 Å². The molecule has 0 atom stereocenters. The van der Waals surface area contributed by atoms with E-state index in [1.807, 2.05) is 0 Å². The van der Waals surface area contributed by atoms with Gasteiger partial charge in [0.15, 0.2) is 0 Å². The van der Waals surface area contributed by atoms with Crippen molar-refractivity contribution in [2.45, 2.75) is 219 Å². The molecule has 4 nitrogen and oxygen atoms in total. The maximum absolute atomic E-state index is 10.4. The number of rotatable bonds is 34. The molecule has 0 aromatic carbocycles. The van der Waals surface area contributed by atoms with Crippen LogP contribution in [0.15, 0.2) is 24.3 Å². The van der Waals surface area contributed by atoms with E-state index in [-0.39, 0.29) is 17.1 Å². The summed E-state index contributed by atoms with van der Waals surface area (Å²) in [5.41, 5.74) is 0. The van der Waals surface area contributed by atoms with Gasteiger partial charge in [0.05, 0.1) is 0 Å². The van der Waals surface area contributed by atoms with Crippen LogP contribution in [0.4, 0.5) is 0 Å². The van der Waals surface area contributed by atoms with Crippen molar-refractivity contribution < 1.29 is 36.9 Å².